The maximum absolute atomic E-state index is 12.4. The minimum atomic E-state index is -3.71. The molecule has 2 aromatic carbocycles. The highest BCUT2D eigenvalue weighted by Gasteiger charge is 2.16. The monoisotopic (exact) mass is 389 g/mol. The van der Waals surface area contributed by atoms with Gasteiger partial charge in [-0.15, -0.1) is 0 Å². The van der Waals surface area contributed by atoms with Crippen LogP contribution in [0.5, 0.6) is 11.5 Å². The molecular weight excluding hydrogens is 370 g/mol. The molecule has 27 heavy (non-hydrogen) atoms. The molecular formula is C18H19N3O5S. The van der Waals surface area contributed by atoms with Crippen LogP contribution in [0.4, 0.5) is 0 Å². The zero-order valence-electron chi connectivity index (χ0n) is 14.9. The van der Waals surface area contributed by atoms with Crippen LogP contribution in [0.3, 0.4) is 0 Å². The lowest BCUT2D eigenvalue weighted by Crippen LogP contribution is -2.23. The third kappa shape index (κ3) is 4.63. The Morgan fingerprint density at radius 3 is 2.59 bits per heavy atom. The van der Waals surface area contributed by atoms with Crippen molar-refractivity contribution in [3.05, 3.63) is 54.4 Å². The molecule has 0 spiro atoms. The van der Waals surface area contributed by atoms with Crippen molar-refractivity contribution in [2.45, 2.75) is 18.4 Å². The third-order valence-electron chi connectivity index (χ3n) is 3.65. The van der Waals surface area contributed by atoms with Gasteiger partial charge in [0.2, 0.25) is 21.7 Å². The molecule has 0 unspecified atom stereocenters. The van der Waals surface area contributed by atoms with Gasteiger partial charge in [-0.1, -0.05) is 17.3 Å². The number of sulfonamides is 1. The van der Waals surface area contributed by atoms with Crippen molar-refractivity contribution in [1.82, 2.24) is 14.9 Å². The van der Waals surface area contributed by atoms with Gasteiger partial charge in [0.25, 0.3) is 0 Å². The number of hydrogen-bond acceptors (Lipinski definition) is 7. The minimum Gasteiger partial charge on any atom is -0.497 e. The Bertz CT molecular complexity index is 1000. The molecule has 9 heteroatoms. The van der Waals surface area contributed by atoms with Gasteiger partial charge in [-0.3, -0.25) is 0 Å². The number of benzene rings is 2. The van der Waals surface area contributed by atoms with E-state index in [4.69, 9.17) is 14.0 Å². The fourth-order valence-electron chi connectivity index (χ4n) is 2.33. The summed E-state index contributed by atoms with van der Waals surface area (Å²) in [4.78, 5) is 4.33. The van der Waals surface area contributed by atoms with E-state index in [1.807, 2.05) is 6.92 Å². The lowest BCUT2D eigenvalue weighted by Gasteiger charge is -2.06. The van der Waals surface area contributed by atoms with E-state index in [9.17, 15) is 8.42 Å². The zero-order chi connectivity index (χ0) is 19.3. The Morgan fingerprint density at radius 2 is 1.89 bits per heavy atom. The van der Waals surface area contributed by atoms with Crippen LogP contribution < -0.4 is 14.2 Å². The van der Waals surface area contributed by atoms with Crippen LogP contribution in [0.1, 0.15) is 12.8 Å². The second-order valence-corrected chi connectivity index (χ2v) is 7.24. The van der Waals surface area contributed by atoms with Crippen molar-refractivity contribution in [3.63, 3.8) is 0 Å². The Labute approximate surface area is 157 Å². The highest BCUT2D eigenvalue weighted by Crippen LogP contribution is 2.21. The van der Waals surface area contributed by atoms with Crippen molar-refractivity contribution >= 4 is 10.0 Å². The average Bonchev–Trinajstić information content (AvgIpc) is 3.16. The highest BCUT2D eigenvalue weighted by molar-refractivity contribution is 7.89. The molecule has 8 nitrogen and oxygen atoms in total. The molecule has 1 aromatic heterocycles. The number of methoxy groups -OCH3 is 1. The Morgan fingerprint density at radius 1 is 1.11 bits per heavy atom. The molecule has 0 bridgehead atoms. The van der Waals surface area contributed by atoms with Gasteiger partial charge in [-0.05, 0) is 43.3 Å². The van der Waals surface area contributed by atoms with E-state index in [2.05, 4.69) is 14.9 Å². The molecule has 142 valence electrons. The molecule has 1 heterocycles. The summed E-state index contributed by atoms with van der Waals surface area (Å²) in [5, 5.41) is 3.87. The predicted molar refractivity (Wildman–Crippen MR) is 97.9 cm³/mol. The van der Waals surface area contributed by atoms with Gasteiger partial charge in [0.1, 0.15) is 11.5 Å². The molecule has 1 N–H and O–H groups in total. The van der Waals surface area contributed by atoms with Gasteiger partial charge in [0.05, 0.1) is 25.2 Å². The fourth-order valence-corrected chi connectivity index (χ4v) is 3.30. The summed E-state index contributed by atoms with van der Waals surface area (Å²) in [5.74, 6) is 1.78. The fraction of sp³-hybridized carbons (Fsp3) is 0.222. The normalized spacial score (nSPS) is 11.3. The summed E-state index contributed by atoms with van der Waals surface area (Å²) in [7, 11) is -2.14. The van der Waals surface area contributed by atoms with E-state index in [1.165, 1.54) is 12.1 Å². The number of nitrogens with zero attached hydrogens (tertiary/aromatic N) is 2. The minimum absolute atomic E-state index is 0.119. The molecule has 0 aliphatic carbocycles. The number of aromatic nitrogens is 2. The van der Waals surface area contributed by atoms with Crippen LogP contribution in [0.2, 0.25) is 0 Å². The lowest BCUT2D eigenvalue weighted by atomic mass is 10.2. The highest BCUT2D eigenvalue weighted by atomic mass is 32.2. The molecule has 0 amide bonds. The van der Waals surface area contributed by atoms with Crippen molar-refractivity contribution in [3.8, 4) is 22.9 Å². The van der Waals surface area contributed by atoms with Gasteiger partial charge in [-0.2, -0.15) is 4.98 Å². The molecule has 3 rings (SSSR count). The average molecular weight is 389 g/mol. The maximum Gasteiger partial charge on any atom is 0.242 e. The van der Waals surface area contributed by atoms with Crippen LogP contribution in [-0.2, 0) is 16.6 Å². The molecule has 0 saturated carbocycles. The van der Waals surface area contributed by atoms with Gasteiger partial charge in [0, 0.05) is 5.56 Å². The summed E-state index contributed by atoms with van der Waals surface area (Å²) < 4.78 is 42.8. The smallest absolute Gasteiger partial charge is 0.242 e. The Balaban J connectivity index is 1.68. The first kappa shape index (κ1) is 18.9. The van der Waals surface area contributed by atoms with Crippen LogP contribution in [0.15, 0.2) is 57.9 Å². The van der Waals surface area contributed by atoms with Gasteiger partial charge in [0.15, 0.2) is 0 Å². The first-order chi connectivity index (χ1) is 13.0. The molecule has 3 aromatic rings. The summed E-state index contributed by atoms with van der Waals surface area (Å²) in [6.45, 7) is 2.25. The molecule has 0 saturated heterocycles. The first-order valence-corrected chi connectivity index (χ1v) is 9.69. The quantitative estimate of drug-likeness (QED) is 0.631. The summed E-state index contributed by atoms with van der Waals surface area (Å²) >= 11 is 0. The lowest BCUT2D eigenvalue weighted by molar-refractivity contribution is 0.340. The van der Waals surface area contributed by atoms with Crippen LogP contribution in [-0.4, -0.2) is 32.3 Å². The molecule has 0 aliphatic heterocycles. The van der Waals surface area contributed by atoms with E-state index in [-0.39, 0.29) is 17.3 Å². The second-order valence-electron chi connectivity index (χ2n) is 5.47. The van der Waals surface area contributed by atoms with Crippen LogP contribution in [0, 0.1) is 0 Å². The van der Waals surface area contributed by atoms with Crippen LogP contribution in [0.25, 0.3) is 11.4 Å². The summed E-state index contributed by atoms with van der Waals surface area (Å²) in [6, 6.07) is 13.3. The van der Waals surface area contributed by atoms with E-state index in [0.29, 0.717) is 29.5 Å². The summed E-state index contributed by atoms with van der Waals surface area (Å²) in [6.07, 6.45) is 0. The van der Waals surface area contributed by atoms with E-state index < -0.39 is 10.0 Å². The summed E-state index contributed by atoms with van der Waals surface area (Å²) in [5.41, 5.74) is 0.707. The number of ether oxygens (including phenoxy) is 2. The SMILES string of the molecule is CCOc1ccc(S(=O)(=O)NCc2nc(-c3cccc(OC)c3)no2)cc1. The number of rotatable bonds is 8. The van der Waals surface area contributed by atoms with Gasteiger partial charge < -0.3 is 14.0 Å². The topological polar surface area (TPSA) is 104 Å². The maximum atomic E-state index is 12.4. The third-order valence-corrected chi connectivity index (χ3v) is 5.07. The Kier molecular flexibility index (Phi) is 5.72. The molecule has 0 aliphatic rings. The van der Waals surface area contributed by atoms with Crippen molar-refractivity contribution in [2.75, 3.05) is 13.7 Å². The first-order valence-electron chi connectivity index (χ1n) is 8.21. The van der Waals surface area contributed by atoms with E-state index in [1.54, 1.807) is 43.5 Å². The number of nitrogens with one attached hydrogen (secondary N) is 1. The van der Waals surface area contributed by atoms with Gasteiger partial charge in [-0.25, -0.2) is 13.1 Å². The van der Waals surface area contributed by atoms with Crippen molar-refractivity contribution in [1.29, 1.82) is 0 Å². The number of hydrogen-bond donors (Lipinski definition) is 1. The largest absolute Gasteiger partial charge is 0.497 e. The van der Waals surface area contributed by atoms with Gasteiger partial charge >= 0.3 is 0 Å². The van der Waals surface area contributed by atoms with E-state index >= 15 is 0 Å². The Hall–Kier alpha value is -2.91. The predicted octanol–water partition coefficient (Wildman–Crippen LogP) is 2.62. The van der Waals surface area contributed by atoms with Crippen molar-refractivity contribution < 1.29 is 22.4 Å². The van der Waals surface area contributed by atoms with E-state index in [0.717, 1.165) is 0 Å². The second kappa shape index (κ2) is 8.19. The molecule has 0 radical (unpaired) electrons. The molecule has 0 fully saturated rings. The zero-order valence-corrected chi connectivity index (χ0v) is 15.7. The van der Waals surface area contributed by atoms with Crippen molar-refractivity contribution in [2.24, 2.45) is 0 Å². The molecule has 0 atom stereocenters. The van der Waals surface area contributed by atoms with Crippen LogP contribution >= 0.6 is 0 Å². The standard InChI is InChI=1S/C18H19N3O5S/c1-3-25-14-7-9-16(10-8-14)27(22,23)19-12-17-20-18(21-26-17)13-5-4-6-15(11-13)24-2/h4-11,19H,3,12H2,1-2H3.